The minimum absolute atomic E-state index is 0.172. The fourth-order valence-corrected chi connectivity index (χ4v) is 1.59. The number of hydrogen-bond donors (Lipinski definition) is 0. The van der Waals surface area contributed by atoms with Crippen molar-refractivity contribution in [2.45, 2.75) is 6.92 Å². The molecule has 0 aliphatic carbocycles. The van der Waals surface area contributed by atoms with Gasteiger partial charge in [-0.1, -0.05) is 24.3 Å². The number of rotatable bonds is 1. The highest BCUT2D eigenvalue weighted by molar-refractivity contribution is 5.93. The van der Waals surface area contributed by atoms with Crippen LogP contribution >= 0.6 is 0 Å². The summed E-state index contributed by atoms with van der Waals surface area (Å²) in [4.78, 5) is 10.4. The lowest BCUT2D eigenvalue weighted by atomic mass is 10.0. The van der Waals surface area contributed by atoms with E-state index in [1.54, 1.807) is 18.2 Å². The second-order valence-electron chi connectivity index (χ2n) is 3.20. The Kier molecular flexibility index (Phi) is 1.93. The van der Waals surface area contributed by atoms with Crippen LogP contribution < -0.4 is 0 Å². The van der Waals surface area contributed by atoms with Gasteiger partial charge in [0.2, 0.25) is 0 Å². The molecule has 70 valence electrons. The topological polar surface area (TPSA) is 43.1 Å². The third-order valence-corrected chi connectivity index (χ3v) is 2.32. The molecule has 0 N–H and O–H groups in total. The van der Waals surface area contributed by atoms with Crippen molar-refractivity contribution in [1.29, 1.82) is 0 Å². The molecule has 0 radical (unpaired) electrons. The first-order valence-electron chi connectivity index (χ1n) is 4.33. The van der Waals surface area contributed by atoms with Crippen LogP contribution in [0.4, 0.5) is 5.69 Å². The Hall–Kier alpha value is -1.90. The molecule has 2 rings (SSSR count). The van der Waals surface area contributed by atoms with E-state index in [0.717, 1.165) is 10.9 Å². The van der Waals surface area contributed by atoms with Crippen molar-refractivity contribution in [1.82, 2.24) is 0 Å². The molecular formula is C11H9NO2. The van der Waals surface area contributed by atoms with Crippen molar-refractivity contribution in [2.75, 3.05) is 0 Å². The van der Waals surface area contributed by atoms with Gasteiger partial charge in [0.1, 0.15) is 0 Å². The van der Waals surface area contributed by atoms with Crippen LogP contribution in [0.3, 0.4) is 0 Å². The molecule has 0 saturated carbocycles. The van der Waals surface area contributed by atoms with Crippen molar-refractivity contribution in [3.8, 4) is 0 Å². The minimum atomic E-state index is -0.345. The highest BCUT2D eigenvalue weighted by Gasteiger charge is 2.11. The number of aryl methyl sites for hydroxylation is 1. The number of benzene rings is 2. The average molecular weight is 187 g/mol. The van der Waals surface area contributed by atoms with Gasteiger partial charge in [-0.3, -0.25) is 10.1 Å². The summed E-state index contributed by atoms with van der Waals surface area (Å²) < 4.78 is 0. The molecule has 2 aromatic carbocycles. The maximum absolute atomic E-state index is 10.7. The molecule has 0 amide bonds. The molecule has 0 atom stereocenters. The van der Waals surface area contributed by atoms with Crippen LogP contribution in [-0.4, -0.2) is 4.92 Å². The zero-order chi connectivity index (χ0) is 10.1. The summed E-state index contributed by atoms with van der Waals surface area (Å²) >= 11 is 0. The lowest BCUT2D eigenvalue weighted by Crippen LogP contribution is -1.90. The van der Waals surface area contributed by atoms with Crippen LogP contribution in [0.1, 0.15) is 5.56 Å². The predicted molar refractivity (Wildman–Crippen MR) is 55.3 cm³/mol. The molecule has 0 heterocycles. The molecule has 0 spiro atoms. The fourth-order valence-electron chi connectivity index (χ4n) is 1.59. The largest absolute Gasteiger partial charge is 0.277 e. The number of nitrogens with zero attached hydrogens (tertiary/aromatic N) is 1. The Balaban J connectivity index is 2.88. The summed E-state index contributed by atoms with van der Waals surface area (Å²) in [7, 11) is 0. The predicted octanol–water partition coefficient (Wildman–Crippen LogP) is 3.06. The molecule has 3 nitrogen and oxygen atoms in total. The van der Waals surface area contributed by atoms with E-state index in [-0.39, 0.29) is 10.6 Å². The summed E-state index contributed by atoms with van der Waals surface area (Å²) in [6, 6.07) is 10.7. The normalized spacial score (nSPS) is 10.4. The summed E-state index contributed by atoms with van der Waals surface area (Å²) in [6.45, 7) is 1.95. The van der Waals surface area contributed by atoms with Gasteiger partial charge < -0.3 is 0 Å². The zero-order valence-corrected chi connectivity index (χ0v) is 7.73. The van der Waals surface area contributed by atoms with E-state index in [4.69, 9.17) is 0 Å². The van der Waals surface area contributed by atoms with Gasteiger partial charge in [-0.25, -0.2) is 0 Å². The summed E-state index contributed by atoms with van der Waals surface area (Å²) in [5, 5.41) is 12.4. The maximum Gasteiger partial charge on any atom is 0.277 e. The number of fused-ring (bicyclic) bond motifs is 1. The monoisotopic (exact) mass is 187 g/mol. The quantitative estimate of drug-likeness (QED) is 0.508. The molecule has 0 unspecified atom stereocenters. The number of nitro benzene ring substituents is 1. The molecule has 14 heavy (non-hydrogen) atoms. The smallest absolute Gasteiger partial charge is 0.258 e. The minimum Gasteiger partial charge on any atom is -0.258 e. The summed E-state index contributed by atoms with van der Waals surface area (Å²) in [6.07, 6.45) is 0. The van der Waals surface area contributed by atoms with Gasteiger partial charge in [0, 0.05) is 6.07 Å². The van der Waals surface area contributed by atoms with Crippen LogP contribution in [0.2, 0.25) is 0 Å². The van der Waals surface area contributed by atoms with Crippen LogP contribution in [0, 0.1) is 17.0 Å². The van der Waals surface area contributed by atoms with Crippen molar-refractivity contribution < 1.29 is 4.92 Å². The molecule has 2 aromatic rings. The number of nitro groups is 1. The van der Waals surface area contributed by atoms with Crippen molar-refractivity contribution in [3.63, 3.8) is 0 Å². The number of non-ortho nitro benzene ring substituents is 1. The van der Waals surface area contributed by atoms with Crippen molar-refractivity contribution in [2.24, 2.45) is 0 Å². The standard InChI is InChI=1S/C11H9NO2/c1-8-6-7-11(12(13)14)10-5-3-2-4-9(8)10/h2-7H,1H3. The fraction of sp³-hybridized carbons (Fsp3) is 0.0909. The lowest BCUT2D eigenvalue weighted by Gasteiger charge is -2.01. The third-order valence-electron chi connectivity index (χ3n) is 2.32. The second kappa shape index (κ2) is 3.10. The Bertz CT molecular complexity index is 506. The lowest BCUT2D eigenvalue weighted by molar-refractivity contribution is -0.383. The second-order valence-corrected chi connectivity index (χ2v) is 3.20. The molecular weight excluding hydrogens is 178 g/mol. The van der Waals surface area contributed by atoms with Gasteiger partial charge in [0.25, 0.3) is 5.69 Å². The van der Waals surface area contributed by atoms with E-state index in [1.807, 2.05) is 25.1 Å². The first-order chi connectivity index (χ1) is 6.70. The average Bonchev–Trinajstić information content (AvgIpc) is 2.18. The number of hydrogen-bond acceptors (Lipinski definition) is 2. The Morgan fingerprint density at radius 3 is 2.36 bits per heavy atom. The molecule has 0 aliphatic heterocycles. The molecule has 3 heteroatoms. The van der Waals surface area contributed by atoms with Gasteiger partial charge in [0.05, 0.1) is 10.3 Å². The van der Waals surface area contributed by atoms with Gasteiger partial charge in [-0.15, -0.1) is 0 Å². The Morgan fingerprint density at radius 2 is 1.71 bits per heavy atom. The first-order valence-corrected chi connectivity index (χ1v) is 4.33. The molecule has 0 fully saturated rings. The van der Waals surface area contributed by atoms with Gasteiger partial charge in [-0.05, 0) is 23.9 Å². The highest BCUT2D eigenvalue weighted by Crippen LogP contribution is 2.27. The van der Waals surface area contributed by atoms with Crippen LogP contribution in [-0.2, 0) is 0 Å². The van der Waals surface area contributed by atoms with Crippen molar-refractivity contribution >= 4 is 16.5 Å². The molecule has 0 aliphatic rings. The highest BCUT2D eigenvalue weighted by atomic mass is 16.6. The van der Waals surface area contributed by atoms with E-state index in [9.17, 15) is 10.1 Å². The summed E-state index contributed by atoms with van der Waals surface area (Å²) in [5.74, 6) is 0. The van der Waals surface area contributed by atoms with Crippen LogP contribution in [0.25, 0.3) is 10.8 Å². The van der Waals surface area contributed by atoms with Crippen LogP contribution in [0.5, 0.6) is 0 Å². The third kappa shape index (κ3) is 1.23. The summed E-state index contributed by atoms with van der Waals surface area (Å²) in [5.41, 5.74) is 1.23. The Morgan fingerprint density at radius 1 is 1.07 bits per heavy atom. The van der Waals surface area contributed by atoms with Gasteiger partial charge in [0.15, 0.2) is 0 Å². The SMILES string of the molecule is Cc1ccc([N+](=O)[O-])c2ccccc12. The van der Waals surface area contributed by atoms with Gasteiger partial charge >= 0.3 is 0 Å². The maximum atomic E-state index is 10.7. The van der Waals surface area contributed by atoms with E-state index < -0.39 is 0 Å². The molecule has 0 aromatic heterocycles. The van der Waals surface area contributed by atoms with Gasteiger partial charge in [-0.2, -0.15) is 0 Å². The Labute approximate surface area is 81.1 Å². The van der Waals surface area contributed by atoms with E-state index >= 15 is 0 Å². The molecule has 0 bridgehead atoms. The van der Waals surface area contributed by atoms with E-state index in [1.165, 1.54) is 0 Å². The zero-order valence-electron chi connectivity index (χ0n) is 7.73. The van der Waals surface area contributed by atoms with Crippen molar-refractivity contribution in [3.05, 3.63) is 52.1 Å². The van der Waals surface area contributed by atoms with E-state index in [0.29, 0.717) is 5.39 Å². The first kappa shape index (κ1) is 8.69. The van der Waals surface area contributed by atoms with Crippen LogP contribution in [0.15, 0.2) is 36.4 Å². The van der Waals surface area contributed by atoms with E-state index in [2.05, 4.69) is 0 Å². The molecule has 0 saturated heterocycles.